The van der Waals surface area contributed by atoms with Crippen molar-refractivity contribution in [2.24, 2.45) is 5.73 Å². The van der Waals surface area contributed by atoms with Gasteiger partial charge in [0.1, 0.15) is 0 Å². The molecular weight excluding hydrogens is 296 g/mol. The zero-order chi connectivity index (χ0) is 16.5. The standard InChI is InChI=1S/C7H7NO.C6H5NO6/c8-7(9)6-4-2-1-3-5-6;8-5(9)12-3-1-7-2-4(3)13-6(10)11/h1-5H,(H2,8,9);1-2,7H,(H,8,9)(H,10,11). The first-order chi connectivity index (χ1) is 10.4. The third-order valence-electron chi connectivity index (χ3n) is 2.12. The summed E-state index contributed by atoms with van der Waals surface area (Å²) < 4.78 is 8.37. The summed E-state index contributed by atoms with van der Waals surface area (Å²) >= 11 is 0. The second-order valence-corrected chi connectivity index (χ2v) is 3.65. The van der Waals surface area contributed by atoms with E-state index in [1.165, 1.54) is 0 Å². The van der Waals surface area contributed by atoms with E-state index in [1.807, 2.05) is 6.07 Å². The number of nitrogens with two attached hydrogens (primary N) is 1. The van der Waals surface area contributed by atoms with Crippen LogP contribution in [0.15, 0.2) is 42.7 Å². The number of primary amides is 1. The number of hydrogen-bond donors (Lipinski definition) is 4. The summed E-state index contributed by atoms with van der Waals surface area (Å²) in [5.41, 5.74) is 5.53. The van der Waals surface area contributed by atoms with Crippen molar-refractivity contribution in [3.63, 3.8) is 0 Å². The van der Waals surface area contributed by atoms with Gasteiger partial charge >= 0.3 is 12.3 Å². The first-order valence-corrected chi connectivity index (χ1v) is 5.73. The maximum absolute atomic E-state index is 10.4. The summed E-state index contributed by atoms with van der Waals surface area (Å²) in [5.74, 6) is -0.777. The number of carboxylic acid groups (broad SMARTS) is 2. The van der Waals surface area contributed by atoms with Gasteiger partial charge in [-0.2, -0.15) is 0 Å². The highest BCUT2D eigenvalue weighted by Gasteiger charge is 2.12. The third kappa shape index (κ3) is 5.65. The van der Waals surface area contributed by atoms with Crippen molar-refractivity contribution in [1.29, 1.82) is 0 Å². The summed E-state index contributed by atoms with van der Waals surface area (Å²) in [6.07, 6.45) is -0.775. The molecule has 5 N–H and O–H groups in total. The van der Waals surface area contributed by atoms with Gasteiger partial charge in [-0.15, -0.1) is 0 Å². The van der Waals surface area contributed by atoms with Crippen molar-refractivity contribution >= 4 is 18.2 Å². The van der Waals surface area contributed by atoms with Crippen LogP contribution in [0.1, 0.15) is 10.4 Å². The predicted octanol–water partition coefficient (Wildman–Crippen LogP) is 1.91. The molecule has 2 rings (SSSR count). The molecule has 0 saturated heterocycles. The topological polar surface area (TPSA) is 152 Å². The monoisotopic (exact) mass is 308 g/mol. The molecule has 0 aliphatic rings. The predicted molar refractivity (Wildman–Crippen MR) is 73.1 cm³/mol. The smallest absolute Gasteiger partial charge is 0.449 e. The molecule has 22 heavy (non-hydrogen) atoms. The van der Waals surface area contributed by atoms with Crippen molar-refractivity contribution < 1.29 is 34.1 Å². The van der Waals surface area contributed by atoms with Gasteiger partial charge in [-0.05, 0) is 12.1 Å². The summed E-state index contributed by atoms with van der Waals surface area (Å²) in [5, 5.41) is 16.4. The first-order valence-electron chi connectivity index (χ1n) is 5.73. The van der Waals surface area contributed by atoms with E-state index < -0.39 is 12.3 Å². The van der Waals surface area contributed by atoms with Crippen LogP contribution in [0.25, 0.3) is 0 Å². The van der Waals surface area contributed by atoms with Gasteiger partial charge in [0.15, 0.2) is 11.5 Å². The lowest BCUT2D eigenvalue weighted by atomic mass is 10.2. The molecule has 1 amide bonds. The molecular formula is C13H12N2O7. The molecule has 0 fully saturated rings. The number of aromatic nitrogens is 1. The van der Waals surface area contributed by atoms with Crippen molar-refractivity contribution in [1.82, 2.24) is 4.98 Å². The first kappa shape index (κ1) is 16.6. The lowest BCUT2D eigenvalue weighted by molar-refractivity contribution is 0.1000. The molecule has 9 heteroatoms. The fourth-order valence-corrected chi connectivity index (χ4v) is 1.29. The maximum atomic E-state index is 10.4. The minimum absolute atomic E-state index is 0.199. The SMILES string of the molecule is NC(=O)c1ccccc1.O=C(O)Oc1c[nH]cc1OC(=O)O. The lowest BCUT2D eigenvalue weighted by Gasteiger charge is -1.99. The second-order valence-electron chi connectivity index (χ2n) is 3.65. The van der Waals surface area contributed by atoms with Crippen LogP contribution in [-0.2, 0) is 0 Å². The number of aromatic amines is 1. The molecule has 0 radical (unpaired) electrons. The number of carbonyl (C=O) groups excluding carboxylic acids is 1. The Balaban J connectivity index is 0.000000235. The van der Waals surface area contributed by atoms with Crippen LogP contribution in [-0.4, -0.2) is 33.4 Å². The van der Waals surface area contributed by atoms with E-state index in [9.17, 15) is 14.4 Å². The maximum Gasteiger partial charge on any atom is 0.511 e. The van der Waals surface area contributed by atoms with E-state index in [1.54, 1.807) is 24.3 Å². The zero-order valence-corrected chi connectivity index (χ0v) is 11.1. The minimum atomic E-state index is -1.55. The van der Waals surface area contributed by atoms with Gasteiger partial charge in [0.05, 0.1) is 0 Å². The van der Waals surface area contributed by atoms with Crippen molar-refractivity contribution in [2.45, 2.75) is 0 Å². The normalized spacial score (nSPS) is 9.09. The van der Waals surface area contributed by atoms with Gasteiger partial charge in [-0.25, -0.2) is 9.59 Å². The van der Waals surface area contributed by atoms with Gasteiger partial charge < -0.3 is 30.4 Å². The number of benzene rings is 1. The van der Waals surface area contributed by atoms with E-state index in [0.29, 0.717) is 5.56 Å². The van der Waals surface area contributed by atoms with Gasteiger partial charge in [0.2, 0.25) is 5.91 Å². The fourth-order valence-electron chi connectivity index (χ4n) is 1.29. The van der Waals surface area contributed by atoms with Crippen molar-refractivity contribution in [2.75, 3.05) is 0 Å². The molecule has 0 unspecified atom stereocenters. The number of hydrogen-bond acceptors (Lipinski definition) is 5. The quantitative estimate of drug-likeness (QED) is 0.632. The van der Waals surface area contributed by atoms with Crippen LogP contribution in [0.5, 0.6) is 11.5 Å². The third-order valence-corrected chi connectivity index (χ3v) is 2.12. The van der Waals surface area contributed by atoms with E-state index in [0.717, 1.165) is 12.4 Å². The van der Waals surface area contributed by atoms with Crippen LogP contribution in [0.4, 0.5) is 9.59 Å². The van der Waals surface area contributed by atoms with E-state index in [2.05, 4.69) is 14.5 Å². The van der Waals surface area contributed by atoms with Gasteiger partial charge in [-0.3, -0.25) is 4.79 Å². The Morgan fingerprint density at radius 3 is 1.68 bits per heavy atom. The largest absolute Gasteiger partial charge is 0.511 e. The minimum Gasteiger partial charge on any atom is -0.449 e. The molecule has 0 bridgehead atoms. The number of amides is 1. The number of ether oxygens (including phenoxy) is 2. The lowest BCUT2D eigenvalue weighted by Crippen LogP contribution is -2.09. The Kier molecular flexibility index (Phi) is 5.98. The van der Waals surface area contributed by atoms with Crippen LogP contribution < -0.4 is 15.2 Å². The van der Waals surface area contributed by atoms with Crippen LogP contribution in [0.2, 0.25) is 0 Å². The van der Waals surface area contributed by atoms with Crippen LogP contribution in [0.3, 0.4) is 0 Å². The summed E-state index contributed by atoms with van der Waals surface area (Å²) in [7, 11) is 0. The van der Waals surface area contributed by atoms with Crippen LogP contribution in [0, 0.1) is 0 Å². The molecule has 1 aromatic carbocycles. The van der Waals surface area contributed by atoms with Gasteiger partial charge in [0, 0.05) is 18.0 Å². The highest BCUT2D eigenvalue weighted by Crippen LogP contribution is 2.26. The molecule has 0 spiro atoms. The summed E-state index contributed by atoms with van der Waals surface area (Å²) in [6, 6.07) is 8.76. The van der Waals surface area contributed by atoms with Gasteiger partial charge in [-0.1, -0.05) is 18.2 Å². The van der Waals surface area contributed by atoms with E-state index >= 15 is 0 Å². The number of nitrogens with one attached hydrogen (secondary N) is 1. The highest BCUT2D eigenvalue weighted by molar-refractivity contribution is 5.92. The van der Waals surface area contributed by atoms with E-state index in [-0.39, 0.29) is 17.4 Å². The highest BCUT2D eigenvalue weighted by atomic mass is 16.7. The molecule has 0 aliphatic heterocycles. The average Bonchev–Trinajstić information content (AvgIpc) is 2.86. The van der Waals surface area contributed by atoms with Gasteiger partial charge in [0.25, 0.3) is 0 Å². The Morgan fingerprint density at radius 2 is 1.36 bits per heavy atom. The second kappa shape index (κ2) is 7.94. The fraction of sp³-hybridized carbons (Fsp3) is 0. The molecule has 2 aromatic rings. The molecule has 1 aromatic heterocycles. The molecule has 1 heterocycles. The molecule has 0 atom stereocenters. The number of rotatable bonds is 3. The molecule has 0 aliphatic carbocycles. The summed E-state index contributed by atoms with van der Waals surface area (Å²) in [6.45, 7) is 0. The molecule has 116 valence electrons. The zero-order valence-electron chi connectivity index (χ0n) is 11.1. The average molecular weight is 308 g/mol. The van der Waals surface area contributed by atoms with Crippen molar-refractivity contribution in [3.8, 4) is 11.5 Å². The Labute approximate surface area is 123 Å². The Morgan fingerprint density at radius 1 is 0.909 bits per heavy atom. The molecule has 0 saturated carbocycles. The number of carbonyl (C=O) groups is 3. The van der Waals surface area contributed by atoms with Crippen LogP contribution >= 0.6 is 0 Å². The van der Waals surface area contributed by atoms with E-state index in [4.69, 9.17) is 15.9 Å². The Hall–Kier alpha value is -3.49. The van der Waals surface area contributed by atoms with Crippen molar-refractivity contribution in [3.05, 3.63) is 48.3 Å². The summed E-state index contributed by atoms with van der Waals surface area (Å²) in [4.78, 5) is 33.0. The Bertz CT molecular complexity index is 621. The molecule has 9 nitrogen and oxygen atoms in total. The number of H-pyrrole nitrogens is 1.